The molecule has 0 atom stereocenters. The van der Waals surface area contributed by atoms with Gasteiger partial charge in [-0.1, -0.05) is 28.1 Å². The molecule has 0 radical (unpaired) electrons. The maximum absolute atomic E-state index is 5.95. The lowest BCUT2D eigenvalue weighted by Gasteiger charge is -2.08. The lowest BCUT2D eigenvalue weighted by Crippen LogP contribution is -1.97. The molecule has 0 spiro atoms. The molecule has 4 nitrogen and oxygen atoms in total. The highest BCUT2D eigenvalue weighted by molar-refractivity contribution is 9.08. The standard InChI is InChI=1S/C15H19BrN2O2/c1-11-14(10-16)15(18(2)17-11)20-13-6-4-12(5-7-13)8-9-19-3/h4-7H,8-10H2,1-3H3. The maximum atomic E-state index is 5.95. The van der Waals surface area contributed by atoms with Gasteiger partial charge in [-0.15, -0.1) is 0 Å². The van der Waals surface area contributed by atoms with Crippen LogP contribution in [0.15, 0.2) is 24.3 Å². The number of aryl methyl sites for hydroxylation is 2. The minimum Gasteiger partial charge on any atom is -0.439 e. The Hall–Kier alpha value is -1.33. The van der Waals surface area contributed by atoms with Crippen molar-refractivity contribution in [2.24, 2.45) is 7.05 Å². The number of halogens is 1. The molecule has 0 fully saturated rings. The number of alkyl halides is 1. The average Bonchev–Trinajstić information content (AvgIpc) is 2.72. The molecule has 0 saturated carbocycles. The molecule has 0 saturated heterocycles. The molecular formula is C15H19BrN2O2. The van der Waals surface area contributed by atoms with E-state index in [2.05, 4.69) is 33.2 Å². The molecule has 2 aromatic rings. The Morgan fingerprint density at radius 1 is 1.25 bits per heavy atom. The van der Waals surface area contributed by atoms with Crippen LogP contribution in [-0.2, 0) is 23.5 Å². The van der Waals surface area contributed by atoms with Crippen molar-refractivity contribution < 1.29 is 9.47 Å². The molecule has 0 N–H and O–H groups in total. The van der Waals surface area contributed by atoms with Gasteiger partial charge in [0.15, 0.2) is 0 Å². The van der Waals surface area contributed by atoms with Crippen LogP contribution in [0.2, 0.25) is 0 Å². The third-order valence-corrected chi connectivity index (χ3v) is 3.72. The summed E-state index contributed by atoms with van der Waals surface area (Å²) >= 11 is 3.48. The zero-order valence-corrected chi connectivity index (χ0v) is 13.6. The average molecular weight is 339 g/mol. The van der Waals surface area contributed by atoms with Crippen LogP contribution in [0.1, 0.15) is 16.8 Å². The zero-order chi connectivity index (χ0) is 14.5. The lowest BCUT2D eigenvalue weighted by molar-refractivity contribution is 0.202. The highest BCUT2D eigenvalue weighted by atomic mass is 79.9. The topological polar surface area (TPSA) is 36.3 Å². The third-order valence-electron chi connectivity index (χ3n) is 3.16. The molecule has 0 unspecified atom stereocenters. The zero-order valence-electron chi connectivity index (χ0n) is 12.0. The third kappa shape index (κ3) is 3.41. The van der Waals surface area contributed by atoms with Gasteiger partial charge in [0.05, 0.1) is 12.3 Å². The SMILES string of the molecule is COCCc1ccc(Oc2c(CBr)c(C)nn2C)cc1. The normalized spacial score (nSPS) is 10.8. The largest absolute Gasteiger partial charge is 0.439 e. The smallest absolute Gasteiger partial charge is 0.221 e. The van der Waals surface area contributed by atoms with E-state index >= 15 is 0 Å². The fourth-order valence-electron chi connectivity index (χ4n) is 2.02. The summed E-state index contributed by atoms with van der Waals surface area (Å²) in [7, 11) is 3.60. The van der Waals surface area contributed by atoms with E-state index in [0.717, 1.165) is 41.2 Å². The van der Waals surface area contributed by atoms with Crippen molar-refractivity contribution >= 4 is 15.9 Å². The van der Waals surface area contributed by atoms with Gasteiger partial charge in [-0.25, -0.2) is 4.68 Å². The second kappa shape index (κ2) is 6.90. The first-order valence-electron chi connectivity index (χ1n) is 6.50. The van der Waals surface area contributed by atoms with E-state index < -0.39 is 0 Å². The molecule has 0 aliphatic rings. The number of hydrogen-bond acceptors (Lipinski definition) is 3. The molecule has 0 aliphatic carbocycles. The summed E-state index contributed by atoms with van der Waals surface area (Å²) in [5.74, 6) is 1.60. The second-order valence-electron chi connectivity index (χ2n) is 4.62. The Morgan fingerprint density at radius 2 is 1.95 bits per heavy atom. The van der Waals surface area contributed by atoms with Gasteiger partial charge in [0.1, 0.15) is 5.75 Å². The Labute approximate surface area is 127 Å². The number of methoxy groups -OCH3 is 1. The van der Waals surface area contributed by atoms with Crippen LogP contribution >= 0.6 is 15.9 Å². The lowest BCUT2D eigenvalue weighted by atomic mass is 10.1. The summed E-state index contributed by atoms with van der Waals surface area (Å²) in [6.07, 6.45) is 0.911. The molecule has 5 heteroatoms. The van der Waals surface area contributed by atoms with E-state index in [1.807, 2.05) is 26.1 Å². The number of benzene rings is 1. The monoisotopic (exact) mass is 338 g/mol. The predicted molar refractivity (Wildman–Crippen MR) is 82.7 cm³/mol. The summed E-state index contributed by atoms with van der Waals surface area (Å²) in [4.78, 5) is 0. The van der Waals surface area contributed by atoms with Crippen molar-refractivity contribution in [3.63, 3.8) is 0 Å². The molecule has 2 rings (SSSR count). The van der Waals surface area contributed by atoms with Crippen LogP contribution in [0.3, 0.4) is 0 Å². The van der Waals surface area contributed by atoms with E-state index in [4.69, 9.17) is 9.47 Å². The van der Waals surface area contributed by atoms with Crippen LogP contribution in [0.4, 0.5) is 0 Å². The van der Waals surface area contributed by atoms with Crippen molar-refractivity contribution in [1.29, 1.82) is 0 Å². The number of nitrogens with zero attached hydrogens (tertiary/aromatic N) is 2. The first-order valence-corrected chi connectivity index (χ1v) is 7.62. The summed E-state index contributed by atoms with van der Waals surface area (Å²) < 4.78 is 12.8. The molecule has 20 heavy (non-hydrogen) atoms. The van der Waals surface area contributed by atoms with Gasteiger partial charge in [0, 0.05) is 25.1 Å². The number of hydrogen-bond donors (Lipinski definition) is 0. The Morgan fingerprint density at radius 3 is 2.55 bits per heavy atom. The molecule has 1 aromatic carbocycles. The van der Waals surface area contributed by atoms with Gasteiger partial charge in [-0.05, 0) is 31.0 Å². The Kier molecular flexibility index (Phi) is 5.20. The van der Waals surface area contributed by atoms with Crippen LogP contribution in [-0.4, -0.2) is 23.5 Å². The van der Waals surface area contributed by atoms with E-state index in [1.54, 1.807) is 11.8 Å². The second-order valence-corrected chi connectivity index (χ2v) is 5.18. The molecule has 1 aromatic heterocycles. The van der Waals surface area contributed by atoms with Crippen molar-refractivity contribution in [3.8, 4) is 11.6 Å². The van der Waals surface area contributed by atoms with Crippen LogP contribution in [0, 0.1) is 6.92 Å². The van der Waals surface area contributed by atoms with E-state index in [-0.39, 0.29) is 0 Å². The van der Waals surface area contributed by atoms with E-state index in [1.165, 1.54) is 5.56 Å². The minimum absolute atomic E-state index is 0.730. The van der Waals surface area contributed by atoms with Crippen LogP contribution in [0.5, 0.6) is 11.6 Å². The van der Waals surface area contributed by atoms with Crippen molar-refractivity contribution in [3.05, 3.63) is 41.1 Å². The van der Waals surface area contributed by atoms with Crippen molar-refractivity contribution in [1.82, 2.24) is 9.78 Å². The van der Waals surface area contributed by atoms with E-state index in [9.17, 15) is 0 Å². The first-order chi connectivity index (χ1) is 9.65. The molecule has 0 aliphatic heterocycles. The van der Waals surface area contributed by atoms with Gasteiger partial charge in [-0.2, -0.15) is 5.10 Å². The molecule has 1 heterocycles. The number of rotatable bonds is 6. The molecular weight excluding hydrogens is 320 g/mol. The van der Waals surface area contributed by atoms with Crippen molar-refractivity contribution in [2.45, 2.75) is 18.7 Å². The van der Waals surface area contributed by atoms with E-state index in [0.29, 0.717) is 0 Å². The maximum Gasteiger partial charge on any atom is 0.221 e. The van der Waals surface area contributed by atoms with Crippen LogP contribution in [0.25, 0.3) is 0 Å². The van der Waals surface area contributed by atoms with Crippen LogP contribution < -0.4 is 4.74 Å². The van der Waals surface area contributed by atoms with Gasteiger partial charge in [0.25, 0.3) is 0 Å². The van der Waals surface area contributed by atoms with Gasteiger partial charge in [0.2, 0.25) is 5.88 Å². The molecule has 0 bridgehead atoms. The van der Waals surface area contributed by atoms with Gasteiger partial charge < -0.3 is 9.47 Å². The predicted octanol–water partition coefficient (Wildman–Crippen LogP) is 3.60. The fourth-order valence-corrected chi connectivity index (χ4v) is 2.66. The van der Waals surface area contributed by atoms with Crippen molar-refractivity contribution in [2.75, 3.05) is 13.7 Å². The minimum atomic E-state index is 0.730. The summed E-state index contributed by atoms with van der Waals surface area (Å²) in [6, 6.07) is 8.08. The van der Waals surface area contributed by atoms with Gasteiger partial charge in [-0.3, -0.25) is 0 Å². The number of ether oxygens (including phenoxy) is 2. The molecule has 0 amide bonds. The van der Waals surface area contributed by atoms with Gasteiger partial charge >= 0.3 is 0 Å². The summed E-state index contributed by atoms with van der Waals surface area (Å²) in [5.41, 5.74) is 3.30. The Balaban J connectivity index is 2.14. The quantitative estimate of drug-likeness (QED) is 0.755. The summed E-state index contributed by atoms with van der Waals surface area (Å²) in [5, 5.41) is 5.11. The summed E-state index contributed by atoms with van der Waals surface area (Å²) in [6.45, 7) is 2.71. The molecule has 108 valence electrons. The first kappa shape index (κ1) is 15.1. The highest BCUT2D eigenvalue weighted by Crippen LogP contribution is 2.28. The Bertz CT molecular complexity index is 564. The number of aromatic nitrogens is 2. The fraction of sp³-hybridized carbons (Fsp3) is 0.400. The highest BCUT2D eigenvalue weighted by Gasteiger charge is 2.14.